The van der Waals surface area contributed by atoms with Crippen LogP contribution in [0.2, 0.25) is 0 Å². The van der Waals surface area contributed by atoms with Crippen LogP contribution in [0.1, 0.15) is 49.8 Å². The Hall–Kier alpha value is -3.49. The number of alkyl halides is 6. The molecule has 0 amide bonds. The van der Waals surface area contributed by atoms with Gasteiger partial charge in [-0.05, 0) is 84.5 Å². The Kier molecular flexibility index (Phi) is 8.56. The Morgan fingerprint density at radius 3 is 1.81 bits per heavy atom. The first-order valence-electron chi connectivity index (χ1n) is 11.7. The lowest BCUT2D eigenvalue weighted by Gasteiger charge is -2.21. The summed E-state index contributed by atoms with van der Waals surface area (Å²) in [5.74, 6) is -0.931. The molecule has 0 bridgehead atoms. The van der Waals surface area contributed by atoms with Gasteiger partial charge in [0.25, 0.3) is 0 Å². The lowest BCUT2D eigenvalue weighted by Crippen LogP contribution is -2.18. The zero-order valence-corrected chi connectivity index (χ0v) is 20.5. The van der Waals surface area contributed by atoms with Gasteiger partial charge in [-0.2, -0.15) is 26.3 Å². The average molecular weight is 524 g/mol. The van der Waals surface area contributed by atoms with Crippen LogP contribution >= 0.6 is 0 Å². The van der Waals surface area contributed by atoms with E-state index in [1.54, 1.807) is 25.1 Å². The number of hydrogen-bond acceptors (Lipinski definition) is 3. The largest absolute Gasteiger partial charge is 0.466 e. The number of carbonyl (C=O) groups excluding carboxylic acids is 1. The molecule has 1 N–H and O–H groups in total. The van der Waals surface area contributed by atoms with Crippen LogP contribution in [-0.4, -0.2) is 12.6 Å². The lowest BCUT2D eigenvalue weighted by atomic mass is 9.88. The minimum atomic E-state index is -4.48. The average Bonchev–Trinajstić information content (AvgIpc) is 2.81. The van der Waals surface area contributed by atoms with Crippen molar-refractivity contribution >= 4 is 17.3 Å². The first-order chi connectivity index (χ1) is 17.3. The number of halogens is 6. The minimum Gasteiger partial charge on any atom is -0.466 e. The molecule has 1 atom stereocenters. The molecular weight excluding hydrogens is 496 g/mol. The summed E-state index contributed by atoms with van der Waals surface area (Å²) in [6.45, 7) is 5.78. The summed E-state index contributed by atoms with van der Waals surface area (Å²) in [4.78, 5) is 12.8. The third-order valence-corrected chi connectivity index (χ3v) is 5.68. The maximum absolute atomic E-state index is 13.1. The number of anilines is 2. The highest BCUT2D eigenvalue weighted by Gasteiger charge is 2.31. The van der Waals surface area contributed by atoms with Crippen molar-refractivity contribution < 1.29 is 35.9 Å². The molecule has 0 heterocycles. The van der Waals surface area contributed by atoms with Gasteiger partial charge in [-0.3, -0.25) is 4.79 Å². The maximum atomic E-state index is 13.1. The Bertz CT molecular complexity index is 1200. The molecule has 0 aliphatic carbocycles. The molecule has 3 aromatic carbocycles. The predicted molar refractivity (Wildman–Crippen MR) is 130 cm³/mol. The molecule has 37 heavy (non-hydrogen) atoms. The van der Waals surface area contributed by atoms with Crippen molar-refractivity contribution in [2.75, 3.05) is 11.9 Å². The number of hydrogen-bond donors (Lipinski definition) is 1. The van der Waals surface area contributed by atoms with Crippen LogP contribution in [0.15, 0.2) is 66.7 Å². The number of esters is 1. The van der Waals surface area contributed by atoms with Crippen LogP contribution in [0, 0.1) is 5.92 Å². The molecule has 0 saturated heterocycles. The number of ether oxygens (including phenoxy) is 1. The Balaban J connectivity index is 2.07. The molecule has 0 aliphatic rings. The normalized spacial score (nSPS) is 12.9. The molecule has 3 rings (SSSR count). The van der Waals surface area contributed by atoms with Crippen LogP contribution in [0.4, 0.5) is 37.7 Å². The summed E-state index contributed by atoms with van der Waals surface area (Å²) in [5.41, 5.74) is 0.858. The molecule has 0 fully saturated rings. The SMILES string of the molecule is CCOC(=O)C(CC(C)C)c1cc(Nc2ccc(C(F)(F)F)cc2)cc(-c2ccc(C(F)(F)F)cc2)c1. The van der Waals surface area contributed by atoms with E-state index in [1.165, 1.54) is 24.3 Å². The van der Waals surface area contributed by atoms with Gasteiger partial charge in [0.2, 0.25) is 0 Å². The number of nitrogens with one attached hydrogen (secondary N) is 1. The highest BCUT2D eigenvalue weighted by atomic mass is 19.4. The second-order valence-electron chi connectivity index (χ2n) is 9.05. The van der Waals surface area contributed by atoms with Crippen LogP contribution in [0.5, 0.6) is 0 Å². The summed E-state index contributed by atoms with van der Waals surface area (Å²) in [5, 5.41) is 3.05. The van der Waals surface area contributed by atoms with Gasteiger partial charge in [-0.15, -0.1) is 0 Å². The monoisotopic (exact) mass is 523 g/mol. The van der Waals surface area contributed by atoms with E-state index >= 15 is 0 Å². The lowest BCUT2D eigenvalue weighted by molar-refractivity contribution is -0.145. The van der Waals surface area contributed by atoms with Gasteiger partial charge in [0.1, 0.15) is 0 Å². The van der Waals surface area contributed by atoms with Gasteiger partial charge in [-0.1, -0.05) is 32.0 Å². The highest BCUT2D eigenvalue weighted by molar-refractivity contribution is 5.81. The second-order valence-corrected chi connectivity index (χ2v) is 9.05. The summed E-state index contributed by atoms with van der Waals surface area (Å²) in [6.07, 6.45) is -8.49. The molecule has 0 saturated carbocycles. The van der Waals surface area contributed by atoms with Gasteiger partial charge in [0, 0.05) is 11.4 Å². The van der Waals surface area contributed by atoms with Crippen molar-refractivity contribution in [3.05, 3.63) is 83.4 Å². The predicted octanol–water partition coefficient (Wildman–Crippen LogP) is 8.83. The Morgan fingerprint density at radius 2 is 1.32 bits per heavy atom. The van der Waals surface area contributed by atoms with E-state index < -0.39 is 35.4 Å². The fourth-order valence-electron chi connectivity index (χ4n) is 3.94. The van der Waals surface area contributed by atoms with Crippen molar-refractivity contribution in [3.8, 4) is 11.1 Å². The number of benzene rings is 3. The molecule has 9 heteroatoms. The van der Waals surface area contributed by atoms with E-state index in [9.17, 15) is 31.1 Å². The summed E-state index contributed by atoms with van der Waals surface area (Å²) in [6, 6.07) is 14.2. The molecule has 198 valence electrons. The minimum absolute atomic E-state index is 0.135. The van der Waals surface area contributed by atoms with Gasteiger partial charge in [0.15, 0.2) is 0 Å². The van der Waals surface area contributed by atoms with Crippen molar-refractivity contribution in [2.24, 2.45) is 5.92 Å². The van der Waals surface area contributed by atoms with E-state index in [4.69, 9.17) is 4.74 Å². The summed E-state index contributed by atoms with van der Waals surface area (Å²) < 4.78 is 83.2. The van der Waals surface area contributed by atoms with Crippen LogP contribution in [0.25, 0.3) is 11.1 Å². The topological polar surface area (TPSA) is 38.3 Å². The molecular formula is C28H27F6NO2. The highest BCUT2D eigenvalue weighted by Crippen LogP contribution is 2.36. The molecule has 0 spiro atoms. The second kappa shape index (κ2) is 11.3. The van der Waals surface area contributed by atoms with E-state index in [2.05, 4.69) is 5.32 Å². The van der Waals surface area contributed by atoms with E-state index in [0.717, 1.165) is 24.3 Å². The van der Waals surface area contributed by atoms with E-state index in [0.29, 0.717) is 34.5 Å². The maximum Gasteiger partial charge on any atom is 0.416 e. The van der Waals surface area contributed by atoms with E-state index in [1.807, 2.05) is 13.8 Å². The smallest absolute Gasteiger partial charge is 0.416 e. The van der Waals surface area contributed by atoms with Crippen molar-refractivity contribution in [1.29, 1.82) is 0 Å². The fraction of sp³-hybridized carbons (Fsp3) is 0.321. The number of carbonyl (C=O) groups is 1. The van der Waals surface area contributed by atoms with Crippen LogP contribution in [-0.2, 0) is 21.9 Å². The van der Waals surface area contributed by atoms with Crippen LogP contribution < -0.4 is 5.32 Å². The zero-order valence-electron chi connectivity index (χ0n) is 20.5. The molecule has 0 aromatic heterocycles. The van der Waals surface area contributed by atoms with Gasteiger partial charge < -0.3 is 10.1 Å². The third-order valence-electron chi connectivity index (χ3n) is 5.68. The molecule has 3 aromatic rings. The Morgan fingerprint density at radius 1 is 0.784 bits per heavy atom. The van der Waals surface area contributed by atoms with Crippen molar-refractivity contribution in [3.63, 3.8) is 0 Å². The summed E-state index contributed by atoms with van der Waals surface area (Å²) in [7, 11) is 0. The van der Waals surface area contributed by atoms with Gasteiger partial charge >= 0.3 is 18.3 Å². The van der Waals surface area contributed by atoms with Crippen molar-refractivity contribution in [2.45, 2.75) is 45.5 Å². The number of rotatable bonds is 8. The standard InChI is InChI=1S/C28H27F6NO2/c1-4-37-26(36)25(13-17(2)3)20-14-19(18-5-7-21(8-6-18)27(29,30)31)15-24(16-20)35-23-11-9-22(10-12-23)28(32,33)34/h5-12,14-17,25,35H,4,13H2,1-3H3. The first-order valence-corrected chi connectivity index (χ1v) is 11.7. The van der Waals surface area contributed by atoms with E-state index in [-0.39, 0.29) is 12.5 Å². The quantitative estimate of drug-likeness (QED) is 0.237. The fourth-order valence-corrected chi connectivity index (χ4v) is 3.94. The van der Waals surface area contributed by atoms with Crippen molar-refractivity contribution in [1.82, 2.24) is 0 Å². The molecule has 3 nitrogen and oxygen atoms in total. The third kappa shape index (κ3) is 7.50. The van der Waals surface area contributed by atoms with Gasteiger partial charge in [-0.25, -0.2) is 0 Å². The molecule has 0 radical (unpaired) electrons. The first kappa shape index (κ1) is 28.1. The van der Waals surface area contributed by atoms with Gasteiger partial charge in [0.05, 0.1) is 23.7 Å². The van der Waals surface area contributed by atoms with Crippen LogP contribution in [0.3, 0.4) is 0 Å². The molecule has 0 aliphatic heterocycles. The Labute approximate surface area is 211 Å². The molecule has 1 unspecified atom stereocenters. The summed E-state index contributed by atoms with van der Waals surface area (Å²) >= 11 is 0. The zero-order chi connectivity index (χ0) is 27.4.